The van der Waals surface area contributed by atoms with Crippen molar-refractivity contribution in [3.8, 4) is 11.5 Å². The summed E-state index contributed by atoms with van der Waals surface area (Å²) in [6.45, 7) is 0. The second kappa shape index (κ2) is 6.90. The predicted molar refractivity (Wildman–Crippen MR) is 83.4 cm³/mol. The third-order valence-corrected chi connectivity index (χ3v) is 3.38. The highest BCUT2D eigenvalue weighted by molar-refractivity contribution is 9.10. The lowest BCUT2D eigenvalue weighted by atomic mass is 10.1. The number of halogens is 1. The molecule has 2 aromatic rings. The number of carbonyl (C=O) groups excluding carboxylic acids is 1. The van der Waals surface area contributed by atoms with Gasteiger partial charge in [0.2, 0.25) is 5.91 Å². The minimum atomic E-state index is -0.316. The third-order valence-electron chi connectivity index (χ3n) is 2.69. The summed E-state index contributed by atoms with van der Waals surface area (Å²) < 4.78 is 0.675. The average Bonchev–Trinajstić information content (AvgIpc) is 2.42. The van der Waals surface area contributed by atoms with E-state index in [9.17, 15) is 15.0 Å². The normalized spacial score (nSPS) is 10.7. The van der Waals surface area contributed by atoms with Crippen molar-refractivity contribution < 1.29 is 15.0 Å². The van der Waals surface area contributed by atoms with Gasteiger partial charge in [0.25, 0.3) is 0 Å². The third kappa shape index (κ3) is 4.32. The maximum Gasteiger partial charge on any atom is 0.244 e. The number of hydrogen-bond donors (Lipinski definition) is 3. The van der Waals surface area contributed by atoms with Gasteiger partial charge in [-0.1, -0.05) is 18.2 Å². The topological polar surface area (TPSA) is 81.9 Å². The maximum atomic E-state index is 11.7. The van der Waals surface area contributed by atoms with E-state index in [4.69, 9.17) is 0 Å². The van der Waals surface area contributed by atoms with E-state index in [0.29, 0.717) is 15.6 Å². The highest BCUT2D eigenvalue weighted by atomic mass is 79.9. The van der Waals surface area contributed by atoms with Gasteiger partial charge in [-0.3, -0.25) is 4.79 Å². The molecule has 0 spiro atoms. The number of hydrazone groups is 1. The number of benzene rings is 2. The lowest BCUT2D eigenvalue weighted by Crippen LogP contribution is -2.19. The number of nitrogens with zero attached hydrogens (tertiary/aromatic N) is 1. The van der Waals surface area contributed by atoms with Gasteiger partial charge >= 0.3 is 0 Å². The van der Waals surface area contributed by atoms with Gasteiger partial charge in [0, 0.05) is 4.47 Å². The summed E-state index contributed by atoms with van der Waals surface area (Å²) in [5.74, 6) is -0.138. The average molecular weight is 349 g/mol. The van der Waals surface area contributed by atoms with Crippen LogP contribution in [0.1, 0.15) is 11.1 Å². The fourth-order valence-corrected chi connectivity index (χ4v) is 2.17. The van der Waals surface area contributed by atoms with Crippen molar-refractivity contribution >= 4 is 28.1 Å². The Kier molecular flexibility index (Phi) is 4.94. The number of phenolic OH excluding ortho intramolecular Hbond substituents is 2. The molecule has 5 nitrogen and oxygen atoms in total. The zero-order chi connectivity index (χ0) is 15.2. The molecule has 0 saturated heterocycles. The molecule has 6 heteroatoms. The summed E-state index contributed by atoms with van der Waals surface area (Å²) in [5, 5.41) is 22.8. The zero-order valence-electron chi connectivity index (χ0n) is 11.0. The van der Waals surface area contributed by atoms with Crippen molar-refractivity contribution in [3.05, 3.63) is 58.1 Å². The largest absolute Gasteiger partial charge is 0.508 e. The molecule has 2 rings (SSSR count). The lowest BCUT2D eigenvalue weighted by molar-refractivity contribution is -0.120. The van der Waals surface area contributed by atoms with Crippen LogP contribution in [0.5, 0.6) is 11.5 Å². The van der Waals surface area contributed by atoms with E-state index >= 15 is 0 Å². The molecule has 0 aliphatic heterocycles. The highest BCUT2D eigenvalue weighted by Gasteiger charge is 2.04. The van der Waals surface area contributed by atoms with Crippen LogP contribution < -0.4 is 5.43 Å². The Labute approximate surface area is 130 Å². The number of phenols is 2. The Bertz CT molecular complexity index is 666. The van der Waals surface area contributed by atoms with Crippen LogP contribution in [0.2, 0.25) is 0 Å². The number of aromatic hydroxyl groups is 2. The fraction of sp³-hybridized carbons (Fsp3) is 0.0667. The molecule has 0 aliphatic carbocycles. The molecule has 0 aliphatic rings. The molecule has 0 fully saturated rings. The molecule has 0 unspecified atom stereocenters. The molecule has 108 valence electrons. The van der Waals surface area contributed by atoms with Crippen molar-refractivity contribution in [2.45, 2.75) is 6.42 Å². The summed E-state index contributed by atoms with van der Waals surface area (Å²) in [6, 6.07) is 11.4. The monoisotopic (exact) mass is 348 g/mol. The van der Waals surface area contributed by atoms with E-state index in [1.54, 1.807) is 24.3 Å². The lowest BCUT2D eigenvalue weighted by Gasteiger charge is -2.03. The first-order chi connectivity index (χ1) is 10.1. The van der Waals surface area contributed by atoms with E-state index in [1.807, 2.05) is 0 Å². The van der Waals surface area contributed by atoms with Crippen molar-refractivity contribution in [3.63, 3.8) is 0 Å². The van der Waals surface area contributed by atoms with Gasteiger partial charge in [0.05, 0.1) is 18.2 Å². The quantitative estimate of drug-likeness (QED) is 0.586. The minimum absolute atomic E-state index is 0.0651. The number of rotatable bonds is 4. The van der Waals surface area contributed by atoms with Crippen molar-refractivity contribution in [2.24, 2.45) is 5.10 Å². The fourth-order valence-electron chi connectivity index (χ4n) is 1.71. The molecule has 3 N–H and O–H groups in total. The Morgan fingerprint density at radius 2 is 2.00 bits per heavy atom. The predicted octanol–water partition coefficient (Wildman–Crippen LogP) is 2.55. The second-order valence-electron chi connectivity index (χ2n) is 4.31. The zero-order valence-corrected chi connectivity index (χ0v) is 12.5. The van der Waals surface area contributed by atoms with Crippen LogP contribution >= 0.6 is 15.9 Å². The smallest absolute Gasteiger partial charge is 0.244 e. The van der Waals surface area contributed by atoms with Gasteiger partial charge < -0.3 is 10.2 Å². The molecule has 21 heavy (non-hydrogen) atoms. The SMILES string of the molecule is O=C(Cc1cccc(O)c1)NN=Cc1c(O)cccc1Br. The molecule has 0 aromatic heterocycles. The Morgan fingerprint density at radius 3 is 2.71 bits per heavy atom. The molecule has 0 heterocycles. The van der Waals surface area contributed by atoms with E-state index < -0.39 is 0 Å². The van der Waals surface area contributed by atoms with Crippen LogP contribution in [-0.4, -0.2) is 22.3 Å². The standard InChI is InChI=1S/C15H13BrN2O3/c16-13-5-2-6-14(20)12(13)9-17-18-15(21)8-10-3-1-4-11(19)7-10/h1-7,9,19-20H,8H2,(H,18,21). The van der Waals surface area contributed by atoms with Crippen LogP contribution in [-0.2, 0) is 11.2 Å². The number of amides is 1. The van der Waals surface area contributed by atoms with E-state index in [0.717, 1.165) is 0 Å². The van der Waals surface area contributed by atoms with E-state index in [2.05, 4.69) is 26.5 Å². The van der Waals surface area contributed by atoms with Gasteiger partial charge in [0.1, 0.15) is 11.5 Å². The van der Waals surface area contributed by atoms with Crippen molar-refractivity contribution in [1.82, 2.24) is 5.43 Å². The van der Waals surface area contributed by atoms with Crippen LogP contribution in [0.3, 0.4) is 0 Å². The first kappa shape index (κ1) is 15.1. The molecule has 0 bridgehead atoms. The van der Waals surface area contributed by atoms with Gasteiger partial charge in [-0.15, -0.1) is 0 Å². The number of carbonyl (C=O) groups is 1. The Hall–Kier alpha value is -2.34. The van der Waals surface area contributed by atoms with Gasteiger partial charge in [-0.05, 0) is 45.8 Å². The molecular formula is C15H13BrN2O3. The number of nitrogens with one attached hydrogen (secondary N) is 1. The van der Waals surface area contributed by atoms with Gasteiger partial charge in [-0.25, -0.2) is 5.43 Å². The summed E-state index contributed by atoms with van der Waals surface area (Å²) >= 11 is 3.28. The van der Waals surface area contributed by atoms with Crippen LogP contribution in [0, 0.1) is 0 Å². The summed E-state index contributed by atoms with van der Waals surface area (Å²) in [6.07, 6.45) is 1.47. The minimum Gasteiger partial charge on any atom is -0.508 e. The molecule has 0 atom stereocenters. The van der Waals surface area contributed by atoms with Crippen molar-refractivity contribution in [1.29, 1.82) is 0 Å². The van der Waals surface area contributed by atoms with Crippen molar-refractivity contribution in [2.75, 3.05) is 0 Å². The number of hydrogen-bond acceptors (Lipinski definition) is 4. The van der Waals surface area contributed by atoms with E-state index in [-0.39, 0.29) is 23.8 Å². The van der Waals surface area contributed by atoms with Crippen LogP contribution in [0.15, 0.2) is 52.0 Å². The molecular weight excluding hydrogens is 336 g/mol. The first-order valence-corrected chi connectivity index (χ1v) is 6.93. The highest BCUT2D eigenvalue weighted by Crippen LogP contribution is 2.23. The van der Waals surface area contributed by atoms with E-state index in [1.165, 1.54) is 24.4 Å². The molecule has 1 amide bonds. The molecule has 0 radical (unpaired) electrons. The molecule has 2 aromatic carbocycles. The second-order valence-corrected chi connectivity index (χ2v) is 5.17. The summed E-state index contributed by atoms with van der Waals surface area (Å²) in [4.78, 5) is 11.7. The van der Waals surface area contributed by atoms with Crippen LogP contribution in [0.25, 0.3) is 0 Å². The summed E-state index contributed by atoms with van der Waals surface area (Å²) in [7, 11) is 0. The Morgan fingerprint density at radius 1 is 1.24 bits per heavy atom. The summed E-state index contributed by atoms with van der Waals surface area (Å²) in [5.41, 5.74) is 3.54. The first-order valence-electron chi connectivity index (χ1n) is 6.13. The maximum absolute atomic E-state index is 11.7. The molecule has 0 saturated carbocycles. The Balaban J connectivity index is 1.96. The van der Waals surface area contributed by atoms with Gasteiger partial charge in [0.15, 0.2) is 0 Å². The van der Waals surface area contributed by atoms with Gasteiger partial charge in [-0.2, -0.15) is 5.10 Å². The van der Waals surface area contributed by atoms with Crippen LogP contribution in [0.4, 0.5) is 0 Å².